The van der Waals surface area contributed by atoms with Gasteiger partial charge in [-0.05, 0) is 25.0 Å². The van der Waals surface area contributed by atoms with Crippen LogP contribution in [0.5, 0.6) is 0 Å². The molecule has 0 unspecified atom stereocenters. The van der Waals surface area contributed by atoms with Crippen molar-refractivity contribution >= 4 is 42.8 Å². The second-order valence-electron chi connectivity index (χ2n) is 4.70. The van der Waals surface area contributed by atoms with E-state index in [0.29, 0.717) is 0 Å². The first-order valence-electron chi connectivity index (χ1n) is 5.97. The SMILES string of the molecule is Nc1cccc(Cl)c1NS(=O)(=O)C1CCS(=O)(=O)CC1. The average Bonchev–Trinajstić information content (AvgIpc) is 2.33. The lowest BCUT2D eigenvalue weighted by molar-refractivity contribution is 0.555. The third kappa shape index (κ3) is 3.36. The van der Waals surface area contributed by atoms with Crippen LogP contribution in [-0.2, 0) is 19.9 Å². The molecular formula is C11H15ClN2O4S2. The van der Waals surface area contributed by atoms with Gasteiger partial charge in [-0.3, -0.25) is 4.72 Å². The van der Waals surface area contributed by atoms with E-state index < -0.39 is 25.1 Å². The number of sulfone groups is 1. The number of rotatable bonds is 3. The van der Waals surface area contributed by atoms with E-state index in [1.165, 1.54) is 12.1 Å². The number of para-hydroxylation sites is 1. The van der Waals surface area contributed by atoms with Crippen molar-refractivity contribution in [2.75, 3.05) is 22.0 Å². The molecule has 1 aliphatic rings. The molecule has 112 valence electrons. The van der Waals surface area contributed by atoms with Gasteiger partial charge in [0.25, 0.3) is 0 Å². The molecule has 1 saturated heterocycles. The molecule has 1 aromatic carbocycles. The maximum atomic E-state index is 12.3. The van der Waals surface area contributed by atoms with Crippen molar-refractivity contribution in [2.24, 2.45) is 0 Å². The van der Waals surface area contributed by atoms with Crippen LogP contribution in [0.4, 0.5) is 11.4 Å². The van der Waals surface area contributed by atoms with Gasteiger partial charge in [-0.15, -0.1) is 0 Å². The third-order valence-electron chi connectivity index (χ3n) is 3.23. The molecule has 9 heteroatoms. The van der Waals surface area contributed by atoms with Crippen molar-refractivity contribution in [3.8, 4) is 0 Å². The summed E-state index contributed by atoms with van der Waals surface area (Å²) < 4.78 is 49.5. The molecule has 0 amide bonds. The van der Waals surface area contributed by atoms with Gasteiger partial charge >= 0.3 is 0 Å². The molecular weight excluding hydrogens is 324 g/mol. The Morgan fingerprint density at radius 1 is 1.25 bits per heavy atom. The zero-order valence-electron chi connectivity index (χ0n) is 10.5. The summed E-state index contributed by atoms with van der Waals surface area (Å²) in [5.41, 5.74) is 6.06. The van der Waals surface area contributed by atoms with Crippen LogP contribution in [-0.4, -0.2) is 33.6 Å². The molecule has 1 fully saturated rings. The minimum absolute atomic E-state index is 0.0853. The van der Waals surface area contributed by atoms with E-state index in [-0.39, 0.29) is 40.7 Å². The fourth-order valence-corrected chi connectivity index (χ4v) is 5.66. The highest BCUT2D eigenvalue weighted by Crippen LogP contribution is 2.30. The summed E-state index contributed by atoms with van der Waals surface area (Å²) in [6, 6.07) is 4.68. The number of nitrogens with one attached hydrogen (secondary N) is 1. The van der Waals surface area contributed by atoms with E-state index in [9.17, 15) is 16.8 Å². The Labute approximate surface area is 123 Å². The van der Waals surface area contributed by atoms with E-state index in [4.69, 9.17) is 17.3 Å². The number of halogens is 1. The van der Waals surface area contributed by atoms with E-state index in [2.05, 4.69) is 4.72 Å². The monoisotopic (exact) mass is 338 g/mol. The molecule has 2 rings (SSSR count). The highest BCUT2D eigenvalue weighted by molar-refractivity contribution is 7.94. The summed E-state index contributed by atoms with van der Waals surface area (Å²) >= 11 is 5.92. The fraction of sp³-hybridized carbons (Fsp3) is 0.455. The van der Waals surface area contributed by atoms with Gasteiger partial charge in [0, 0.05) is 0 Å². The number of benzene rings is 1. The van der Waals surface area contributed by atoms with Crippen LogP contribution in [0.25, 0.3) is 0 Å². The molecule has 20 heavy (non-hydrogen) atoms. The number of hydrogen-bond donors (Lipinski definition) is 2. The van der Waals surface area contributed by atoms with Crippen LogP contribution < -0.4 is 10.5 Å². The highest BCUT2D eigenvalue weighted by atomic mass is 35.5. The van der Waals surface area contributed by atoms with Gasteiger partial charge in [-0.2, -0.15) is 0 Å². The van der Waals surface area contributed by atoms with Crippen molar-refractivity contribution in [1.82, 2.24) is 0 Å². The summed E-state index contributed by atoms with van der Waals surface area (Å²) in [4.78, 5) is 0. The molecule has 0 bridgehead atoms. The molecule has 1 aromatic rings. The van der Waals surface area contributed by atoms with Gasteiger partial charge in [0.15, 0.2) is 0 Å². The fourth-order valence-electron chi connectivity index (χ4n) is 2.05. The van der Waals surface area contributed by atoms with Gasteiger partial charge in [0.2, 0.25) is 10.0 Å². The first kappa shape index (κ1) is 15.4. The Morgan fingerprint density at radius 2 is 1.85 bits per heavy atom. The average molecular weight is 339 g/mol. The lowest BCUT2D eigenvalue weighted by Crippen LogP contribution is -2.36. The number of nitrogens with two attached hydrogens (primary N) is 1. The zero-order chi connectivity index (χ0) is 15.0. The van der Waals surface area contributed by atoms with Crippen LogP contribution in [0.15, 0.2) is 18.2 Å². The number of nitrogen functional groups attached to an aromatic ring is 1. The van der Waals surface area contributed by atoms with E-state index in [0.717, 1.165) is 0 Å². The predicted molar refractivity (Wildman–Crippen MR) is 80.1 cm³/mol. The first-order valence-corrected chi connectivity index (χ1v) is 9.72. The van der Waals surface area contributed by atoms with Crippen LogP contribution in [0, 0.1) is 0 Å². The first-order chi connectivity index (χ1) is 9.21. The molecule has 0 atom stereocenters. The molecule has 3 N–H and O–H groups in total. The van der Waals surface area contributed by atoms with Crippen molar-refractivity contribution in [3.63, 3.8) is 0 Å². The van der Waals surface area contributed by atoms with Gasteiger partial charge in [-0.1, -0.05) is 17.7 Å². The molecule has 0 saturated carbocycles. The minimum Gasteiger partial charge on any atom is -0.397 e. The van der Waals surface area contributed by atoms with Crippen molar-refractivity contribution in [2.45, 2.75) is 18.1 Å². The smallest absolute Gasteiger partial charge is 0.235 e. The van der Waals surface area contributed by atoms with Gasteiger partial charge in [0.05, 0.1) is 33.2 Å². The van der Waals surface area contributed by atoms with Crippen LogP contribution in [0.1, 0.15) is 12.8 Å². The molecule has 0 spiro atoms. The number of sulfonamides is 1. The Morgan fingerprint density at radius 3 is 2.40 bits per heavy atom. The van der Waals surface area contributed by atoms with Gasteiger partial charge < -0.3 is 5.73 Å². The van der Waals surface area contributed by atoms with E-state index >= 15 is 0 Å². The molecule has 0 radical (unpaired) electrons. The lowest BCUT2D eigenvalue weighted by atomic mass is 10.2. The van der Waals surface area contributed by atoms with Crippen LogP contribution in [0.3, 0.4) is 0 Å². The maximum Gasteiger partial charge on any atom is 0.235 e. The summed E-state index contributed by atoms with van der Waals surface area (Å²) in [7, 11) is -6.82. The van der Waals surface area contributed by atoms with Gasteiger partial charge in [0.1, 0.15) is 9.84 Å². The van der Waals surface area contributed by atoms with Crippen LogP contribution >= 0.6 is 11.6 Å². The maximum absolute atomic E-state index is 12.3. The lowest BCUT2D eigenvalue weighted by Gasteiger charge is -2.23. The quantitative estimate of drug-likeness (QED) is 0.806. The zero-order valence-corrected chi connectivity index (χ0v) is 12.9. The number of anilines is 2. The van der Waals surface area contributed by atoms with Crippen molar-refractivity contribution in [3.05, 3.63) is 23.2 Å². The highest BCUT2D eigenvalue weighted by Gasteiger charge is 2.33. The molecule has 0 aliphatic carbocycles. The molecule has 1 heterocycles. The van der Waals surface area contributed by atoms with E-state index in [1.54, 1.807) is 6.07 Å². The van der Waals surface area contributed by atoms with Gasteiger partial charge in [-0.25, -0.2) is 16.8 Å². The topological polar surface area (TPSA) is 106 Å². The summed E-state index contributed by atoms with van der Waals surface area (Å²) in [6.45, 7) is 0. The minimum atomic E-state index is -3.71. The molecule has 0 aromatic heterocycles. The Balaban J connectivity index is 2.20. The Kier molecular flexibility index (Phi) is 4.17. The second-order valence-corrected chi connectivity index (χ2v) is 9.37. The van der Waals surface area contributed by atoms with Crippen molar-refractivity contribution in [1.29, 1.82) is 0 Å². The van der Waals surface area contributed by atoms with E-state index in [1.807, 2.05) is 0 Å². The molecule has 6 nitrogen and oxygen atoms in total. The third-order valence-corrected chi connectivity index (χ3v) is 7.10. The van der Waals surface area contributed by atoms with Crippen LogP contribution in [0.2, 0.25) is 5.02 Å². The summed E-state index contributed by atoms with van der Waals surface area (Å²) in [5, 5.41) is -0.543. The molecule has 1 aliphatic heterocycles. The largest absolute Gasteiger partial charge is 0.397 e. The normalized spacial score (nSPS) is 19.6. The Hall–Kier alpha value is -0.990. The predicted octanol–water partition coefficient (Wildman–Crippen LogP) is 1.24. The Bertz CT molecular complexity index is 682. The standard InChI is InChI=1S/C11H15ClN2O4S2/c12-9-2-1-3-10(13)11(9)14-20(17,18)8-4-6-19(15,16)7-5-8/h1-3,8,14H,4-7,13H2. The second kappa shape index (κ2) is 5.42. The van der Waals surface area contributed by atoms with Crippen molar-refractivity contribution < 1.29 is 16.8 Å². The number of hydrogen-bond acceptors (Lipinski definition) is 5. The summed E-state index contributed by atoms with van der Waals surface area (Å²) in [6.07, 6.45) is 0.171. The summed E-state index contributed by atoms with van der Waals surface area (Å²) in [5.74, 6) is -0.229.